The Bertz CT molecular complexity index is 1110. The molecule has 4 rings (SSSR count). The van der Waals surface area contributed by atoms with Gasteiger partial charge in [0.1, 0.15) is 0 Å². The lowest BCUT2D eigenvalue weighted by molar-refractivity contribution is 0.151. The maximum absolute atomic E-state index is 13.0. The number of alkyl halides is 2. The average Bonchev–Trinajstić information content (AvgIpc) is 2.93. The van der Waals surface area contributed by atoms with Crippen LogP contribution in [0.2, 0.25) is 0 Å². The summed E-state index contributed by atoms with van der Waals surface area (Å²) in [6.45, 7) is 1.73. The summed E-state index contributed by atoms with van der Waals surface area (Å²) in [5.41, 5.74) is 3.70. The number of benzene rings is 1. The second-order valence-electron chi connectivity index (χ2n) is 5.68. The minimum atomic E-state index is -2.56. The molecule has 4 nitrogen and oxygen atoms in total. The Balaban J connectivity index is 2.15. The number of fused-ring (bicyclic) bond motifs is 3. The number of halogens is 2. The third kappa shape index (κ3) is 2.11. The number of hydrogen-bond acceptors (Lipinski definition) is 2. The van der Waals surface area contributed by atoms with Crippen LogP contribution in [0.5, 0.6) is 0 Å². The molecule has 0 aliphatic carbocycles. The molecule has 1 aromatic carbocycles. The van der Waals surface area contributed by atoms with E-state index in [2.05, 4.69) is 15.0 Å². The second-order valence-corrected chi connectivity index (χ2v) is 5.68. The average molecular weight is 325 g/mol. The van der Waals surface area contributed by atoms with E-state index in [0.717, 1.165) is 11.1 Å². The van der Waals surface area contributed by atoms with Crippen LogP contribution in [0.1, 0.15) is 17.6 Å². The zero-order valence-electron chi connectivity index (χ0n) is 12.7. The first kappa shape index (κ1) is 14.6. The van der Waals surface area contributed by atoms with Gasteiger partial charge >= 0.3 is 0 Å². The minimum Gasteiger partial charge on any atom is -0.353 e. The Morgan fingerprint density at radius 3 is 2.67 bits per heavy atom. The van der Waals surface area contributed by atoms with Crippen molar-refractivity contribution >= 4 is 21.9 Å². The molecule has 6 heteroatoms. The zero-order valence-corrected chi connectivity index (χ0v) is 12.7. The number of pyridine rings is 2. The van der Waals surface area contributed by atoms with E-state index in [1.807, 2.05) is 6.07 Å². The van der Waals surface area contributed by atoms with Crippen LogP contribution in [0.3, 0.4) is 0 Å². The highest BCUT2D eigenvalue weighted by molar-refractivity contribution is 6.10. The molecule has 0 amide bonds. The van der Waals surface area contributed by atoms with Crippen LogP contribution in [0.4, 0.5) is 8.78 Å². The number of nitrogens with one attached hydrogen (secondary N) is 2. The summed E-state index contributed by atoms with van der Waals surface area (Å²) in [6.07, 6.45) is 0.773. The fourth-order valence-corrected chi connectivity index (χ4v) is 3.04. The smallest absolute Gasteiger partial charge is 0.263 e. The molecule has 0 aliphatic heterocycles. The Morgan fingerprint density at radius 1 is 1.12 bits per heavy atom. The van der Waals surface area contributed by atoms with E-state index >= 15 is 0 Å². The summed E-state index contributed by atoms with van der Waals surface area (Å²) in [4.78, 5) is 22.5. The lowest BCUT2D eigenvalue weighted by Gasteiger charge is -2.06. The Kier molecular flexibility index (Phi) is 3.19. The van der Waals surface area contributed by atoms with Crippen LogP contribution in [-0.4, -0.2) is 15.0 Å². The monoisotopic (exact) mass is 325 g/mol. The van der Waals surface area contributed by atoms with Crippen molar-refractivity contribution in [2.45, 2.75) is 13.3 Å². The van der Waals surface area contributed by atoms with Gasteiger partial charge in [0.05, 0.1) is 11.0 Å². The summed E-state index contributed by atoms with van der Waals surface area (Å²) in [7, 11) is 0. The third-order valence-corrected chi connectivity index (χ3v) is 4.23. The van der Waals surface area contributed by atoms with Crippen LogP contribution in [0, 0.1) is 6.92 Å². The van der Waals surface area contributed by atoms with Gasteiger partial charge in [0.15, 0.2) is 0 Å². The third-order valence-electron chi connectivity index (χ3n) is 4.23. The Labute approximate surface area is 135 Å². The van der Waals surface area contributed by atoms with Crippen molar-refractivity contribution < 1.29 is 8.78 Å². The summed E-state index contributed by atoms with van der Waals surface area (Å²) >= 11 is 0. The van der Waals surface area contributed by atoms with E-state index in [4.69, 9.17) is 0 Å². The normalized spacial score (nSPS) is 11.7. The lowest BCUT2D eigenvalue weighted by Crippen LogP contribution is -2.10. The molecule has 0 bridgehead atoms. The van der Waals surface area contributed by atoms with Crippen LogP contribution >= 0.6 is 0 Å². The summed E-state index contributed by atoms with van der Waals surface area (Å²) in [6, 6.07) is 8.06. The summed E-state index contributed by atoms with van der Waals surface area (Å²) in [5, 5.41) is 0.574. The highest BCUT2D eigenvalue weighted by Gasteiger charge is 2.17. The molecule has 3 heterocycles. The van der Waals surface area contributed by atoms with Gasteiger partial charge in [0.25, 0.3) is 12.0 Å². The van der Waals surface area contributed by atoms with Gasteiger partial charge in [0, 0.05) is 45.6 Å². The van der Waals surface area contributed by atoms with Gasteiger partial charge in [-0.3, -0.25) is 9.78 Å². The highest BCUT2D eigenvalue weighted by atomic mass is 19.3. The van der Waals surface area contributed by atoms with Crippen molar-refractivity contribution in [2.75, 3.05) is 0 Å². The van der Waals surface area contributed by atoms with Gasteiger partial charge in [-0.05, 0) is 25.1 Å². The molecule has 0 aliphatic rings. The molecule has 120 valence electrons. The molecule has 0 saturated heterocycles. The van der Waals surface area contributed by atoms with Crippen LogP contribution in [-0.2, 0) is 0 Å². The summed E-state index contributed by atoms with van der Waals surface area (Å²) in [5.74, 6) is 0. The molecule has 0 radical (unpaired) electrons. The van der Waals surface area contributed by atoms with Crippen molar-refractivity contribution in [1.82, 2.24) is 15.0 Å². The first-order chi connectivity index (χ1) is 11.6. The molecule has 0 atom stereocenters. The summed E-state index contributed by atoms with van der Waals surface area (Å²) < 4.78 is 26.0. The molecule has 0 spiro atoms. The number of aromatic amines is 2. The van der Waals surface area contributed by atoms with Gasteiger partial charge in [-0.2, -0.15) is 0 Å². The predicted octanol–water partition coefficient (Wildman–Crippen LogP) is 4.32. The van der Waals surface area contributed by atoms with E-state index in [-0.39, 0.29) is 11.1 Å². The van der Waals surface area contributed by atoms with Gasteiger partial charge in [-0.1, -0.05) is 12.1 Å². The SMILES string of the molecule is Cc1c(-c2cccnc2)c2[nH]c3ccc(C(F)F)cc3c2[nH]c1=O. The number of H-pyrrole nitrogens is 2. The minimum absolute atomic E-state index is 0.0762. The fraction of sp³-hybridized carbons (Fsp3) is 0.111. The molecule has 0 unspecified atom stereocenters. The van der Waals surface area contributed by atoms with Crippen LogP contribution in [0.15, 0.2) is 47.5 Å². The first-order valence-electron chi connectivity index (χ1n) is 7.43. The van der Waals surface area contributed by atoms with Crippen molar-refractivity contribution in [3.05, 3.63) is 64.2 Å². The van der Waals surface area contributed by atoms with Crippen LogP contribution < -0.4 is 5.56 Å². The van der Waals surface area contributed by atoms with E-state index < -0.39 is 6.43 Å². The van der Waals surface area contributed by atoms with Crippen molar-refractivity contribution in [3.8, 4) is 11.1 Å². The quantitative estimate of drug-likeness (QED) is 0.576. The molecular weight excluding hydrogens is 312 g/mol. The first-order valence-corrected chi connectivity index (χ1v) is 7.43. The maximum atomic E-state index is 13.0. The molecule has 0 saturated carbocycles. The van der Waals surface area contributed by atoms with Gasteiger partial charge < -0.3 is 9.97 Å². The highest BCUT2D eigenvalue weighted by Crippen LogP contribution is 2.34. The molecule has 0 fully saturated rings. The van der Waals surface area contributed by atoms with Crippen LogP contribution in [0.25, 0.3) is 33.1 Å². The van der Waals surface area contributed by atoms with Gasteiger partial charge in [-0.25, -0.2) is 8.78 Å². The number of nitrogens with zero attached hydrogens (tertiary/aromatic N) is 1. The zero-order chi connectivity index (χ0) is 16.8. The molecule has 4 aromatic rings. The number of hydrogen-bond donors (Lipinski definition) is 2. The van der Waals surface area contributed by atoms with E-state index in [1.54, 1.807) is 31.5 Å². The number of aromatic nitrogens is 3. The Hall–Kier alpha value is -3.02. The standard InChI is InChI=1S/C18H13F2N3O/c1-9-14(11-3-2-6-21-8-11)16-15(23-18(9)24)12-7-10(17(19)20)4-5-13(12)22-16/h2-8,17,22H,1H3,(H,23,24). The molecular formula is C18H13F2N3O. The maximum Gasteiger partial charge on any atom is 0.263 e. The van der Waals surface area contributed by atoms with Crippen molar-refractivity contribution in [2.24, 2.45) is 0 Å². The largest absolute Gasteiger partial charge is 0.353 e. The fourth-order valence-electron chi connectivity index (χ4n) is 3.04. The Morgan fingerprint density at radius 2 is 1.96 bits per heavy atom. The van der Waals surface area contributed by atoms with E-state index in [0.29, 0.717) is 27.5 Å². The molecule has 2 N–H and O–H groups in total. The van der Waals surface area contributed by atoms with Gasteiger partial charge in [0.2, 0.25) is 0 Å². The van der Waals surface area contributed by atoms with Crippen molar-refractivity contribution in [1.29, 1.82) is 0 Å². The lowest BCUT2D eigenvalue weighted by atomic mass is 10.0. The number of rotatable bonds is 2. The topological polar surface area (TPSA) is 61.5 Å². The second kappa shape index (κ2) is 5.26. The van der Waals surface area contributed by atoms with Gasteiger partial charge in [-0.15, -0.1) is 0 Å². The van der Waals surface area contributed by atoms with E-state index in [1.165, 1.54) is 12.1 Å². The molecule has 3 aromatic heterocycles. The predicted molar refractivity (Wildman–Crippen MR) is 89.4 cm³/mol. The van der Waals surface area contributed by atoms with Crippen molar-refractivity contribution in [3.63, 3.8) is 0 Å². The molecule has 24 heavy (non-hydrogen) atoms. The van der Waals surface area contributed by atoms with E-state index in [9.17, 15) is 13.6 Å².